The van der Waals surface area contributed by atoms with Crippen molar-refractivity contribution >= 4 is 46.9 Å². The molecule has 0 aliphatic carbocycles. The summed E-state index contributed by atoms with van der Waals surface area (Å²) in [6.45, 7) is 0. The van der Waals surface area contributed by atoms with Crippen LogP contribution in [-0.2, 0) is 28.2 Å². The van der Waals surface area contributed by atoms with Crippen LogP contribution < -0.4 is 21.7 Å². The van der Waals surface area contributed by atoms with Gasteiger partial charge in [0, 0.05) is 53.0 Å². The predicted molar refractivity (Wildman–Crippen MR) is 133 cm³/mol. The van der Waals surface area contributed by atoms with Crippen molar-refractivity contribution in [3.05, 3.63) is 65.9 Å². The molecular formula is C23H25N9O4. The number of nitrogen functional groups attached to an aromatic ring is 1. The van der Waals surface area contributed by atoms with Gasteiger partial charge >= 0.3 is 0 Å². The highest BCUT2D eigenvalue weighted by molar-refractivity contribution is 6.07. The van der Waals surface area contributed by atoms with E-state index in [-0.39, 0.29) is 17.3 Å². The van der Waals surface area contributed by atoms with Gasteiger partial charge in [-0.2, -0.15) is 0 Å². The van der Waals surface area contributed by atoms with Gasteiger partial charge in [-0.15, -0.1) is 0 Å². The second-order valence-corrected chi connectivity index (χ2v) is 8.30. The molecule has 0 unspecified atom stereocenters. The molecule has 3 amide bonds. The van der Waals surface area contributed by atoms with Crippen molar-refractivity contribution < 1.29 is 19.2 Å². The zero-order valence-corrected chi connectivity index (χ0v) is 20.1. The monoisotopic (exact) mass is 491 g/mol. The lowest BCUT2D eigenvalue weighted by Crippen LogP contribution is -2.17. The largest absolute Gasteiger partial charge is 0.397 e. The minimum Gasteiger partial charge on any atom is -0.397 e. The van der Waals surface area contributed by atoms with Crippen LogP contribution in [0.25, 0.3) is 0 Å². The number of aldehydes is 1. The molecule has 4 aromatic heterocycles. The lowest BCUT2D eigenvalue weighted by molar-refractivity contribution is 0.100. The third-order valence-corrected chi connectivity index (χ3v) is 5.50. The third kappa shape index (κ3) is 4.75. The fraction of sp³-hybridized carbons (Fsp3) is 0.174. The number of amides is 3. The Morgan fingerprint density at radius 1 is 0.750 bits per heavy atom. The van der Waals surface area contributed by atoms with Gasteiger partial charge in [-0.1, -0.05) is 0 Å². The molecular weight excluding hydrogens is 466 g/mol. The molecule has 0 atom stereocenters. The molecule has 0 fully saturated rings. The van der Waals surface area contributed by atoms with Gasteiger partial charge in [0.25, 0.3) is 17.7 Å². The molecule has 0 aliphatic rings. The van der Waals surface area contributed by atoms with E-state index in [9.17, 15) is 19.2 Å². The summed E-state index contributed by atoms with van der Waals surface area (Å²) < 4.78 is 6.21. The second-order valence-electron chi connectivity index (χ2n) is 8.30. The maximum atomic E-state index is 12.8. The van der Waals surface area contributed by atoms with E-state index in [1.807, 2.05) is 0 Å². The first-order chi connectivity index (χ1) is 17.0. The summed E-state index contributed by atoms with van der Waals surface area (Å²) in [5.74, 6) is -1.12. The van der Waals surface area contributed by atoms with Gasteiger partial charge in [0.15, 0.2) is 12.1 Å². The molecule has 5 N–H and O–H groups in total. The van der Waals surface area contributed by atoms with Crippen molar-refractivity contribution in [1.29, 1.82) is 0 Å². The fourth-order valence-corrected chi connectivity index (χ4v) is 3.74. The smallest absolute Gasteiger partial charge is 0.291 e. The van der Waals surface area contributed by atoms with Crippen LogP contribution >= 0.6 is 0 Å². The van der Waals surface area contributed by atoms with Crippen LogP contribution in [0.4, 0.5) is 22.9 Å². The summed E-state index contributed by atoms with van der Waals surface area (Å²) in [6, 6.07) is 4.61. The average molecular weight is 492 g/mol. The summed E-state index contributed by atoms with van der Waals surface area (Å²) in [4.78, 5) is 53.3. The summed E-state index contributed by atoms with van der Waals surface area (Å²) in [6.07, 6.45) is 7.02. The maximum Gasteiger partial charge on any atom is 0.291 e. The normalized spacial score (nSPS) is 10.8. The molecule has 4 heterocycles. The topological polar surface area (TPSA) is 163 Å². The summed E-state index contributed by atoms with van der Waals surface area (Å²) >= 11 is 0. The minimum absolute atomic E-state index is 0.0530. The molecule has 0 bridgehead atoms. The number of hydrogen-bond donors (Lipinski definition) is 4. The first-order valence-electron chi connectivity index (χ1n) is 10.7. The van der Waals surface area contributed by atoms with Crippen molar-refractivity contribution in [2.45, 2.75) is 0 Å². The number of anilines is 4. The Morgan fingerprint density at radius 2 is 1.33 bits per heavy atom. The molecule has 4 rings (SSSR count). The molecule has 36 heavy (non-hydrogen) atoms. The van der Waals surface area contributed by atoms with E-state index >= 15 is 0 Å². The molecule has 13 heteroatoms. The van der Waals surface area contributed by atoms with E-state index in [1.54, 1.807) is 66.5 Å². The fourth-order valence-electron chi connectivity index (χ4n) is 3.74. The van der Waals surface area contributed by atoms with Crippen molar-refractivity contribution in [1.82, 2.24) is 23.3 Å². The number of imidazole rings is 1. The summed E-state index contributed by atoms with van der Waals surface area (Å²) in [5.41, 5.74) is 8.07. The van der Waals surface area contributed by atoms with E-state index in [4.69, 9.17) is 5.73 Å². The highest BCUT2D eigenvalue weighted by atomic mass is 16.2. The minimum atomic E-state index is -0.530. The Labute approximate surface area is 205 Å². The van der Waals surface area contributed by atoms with Gasteiger partial charge in [-0.05, 0) is 18.2 Å². The molecule has 186 valence electrons. The number of carbonyl (C=O) groups is 4. The maximum absolute atomic E-state index is 12.8. The zero-order valence-electron chi connectivity index (χ0n) is 20.1. The Balaban J connectivity index is 1.44. The number of aryl methyl sites for hydroxylation is 4. The Kier molecular flexibility index (Phi) is 6.21. The highest BCUT2D eigenvalue weighted by Crippen LogP contribution is 2.18. The quantitative estimate of drug-likeness (QED) is 0.287. The van der Waals surface area contributed by atoms with Crippen molar-refractivity contribution in [3.63, 3.8) is 0 Å². The number of nitrogens with zero attached hydrogens (tertiary/aromatic N) is 5. The van der Waals surface area contributed by atoms with Crippen LogP contribution in [0, 0.1) is 0 Å². The number of nitrogens with one attached hydrogen (secondary N) is 3. The zero-order chi connectivity index (χ0) is 26.1. The van der Waals surface area contributed by atoms with Crippen molar-refractivity contribution in [3.8, 4) is 0 Å². The first-order valence-corrected chi connectivity index (χ1v) is 10.7. The Bertz CT molecular complexity index is 1500. The number of aromatic nitrogens is 5. The van der Waals surface area contributed by atoms with Crippen LogP contribution in [0.2, 0.25) is 0 Å². The molecule has 0 aliphatic heterocycles. The predicted octanol–water partition coefficient (Wildman–Crippen LogP) is 1.59. The third-order valence-electron chi connectivity index (χ3n) is 5.50. The number of rotatable bonds is 7. The number of carbonyl (C=O) groups excluding carboxylic acids is 4. The standard InChI is InChI=1S/C23H25N9O4/c1-29-9-14(6-16(29)12-33)25-21(34)18-7-15(10-31(18)3)26-23(36)20-27-19(11-32(20)4)28-22(35)17-5-13(24)8-30(17)2/h5-12H,24H2,1-4H3,(H,25,34)(H,26,36)(H,28,35). The molecule has 0 saturated carbocycles. The van der Waals surface area contributed by atoms with E-state index in [1.165, 1.54) is 22.9 Å². The van der Waals surface area contributed by atoms with Gasteiger partial charge < -0.3 is 40.0 Å². The van der Waals surface area contributed by atoms with E-state index < -0.39 is 17.7 Å². The van der Waals surface area contributed by atoms with Crippen LogP contribution in [0.1, 0.15) is 42.1 Å². The number of nitrogens with two attached hydrogens (primary N) is 1. The Morgan fingerprint density at radius 3 is 1.97 bits per heavy atom. The van der Waals surface area contributed by atoms with Gasteiger partial charge in [-0.25, -0.2) is 4.98 Å². The van der Waals surface area contributed by atoms with Crippen LogP contribution in [0.5, 0.6) is 0 Å². The SMILES string of the molecule is Cn1cc(NC(=O)c2cc(NC(=O)c3nc(NC(=O)c4cc(N)cn4C)cn3C)cn2C)cc1C=O. The highest BCUT2D eigenvalue weighted by Gasteiger charge is 2.19. The molecule has 0 saturated heterocycles. The van der Waals surface area contributed by atoms with Crippen LogP contribution in [0.3, 0.4) is 0 Å². The lowest BCUT2D eigenvalue weighted by atomic mass is 10.3. The van der Waals surface area contributed by atoms with Gasteiger partial charge in [0.2, 0.25) is 5.82 Å². The molecule has 0 radical (unpaired) electrons. The summed E-state index contributed by atoms with van der Waals surface area (Å²) in [7, 11) is 6.67. The molecule has 13 nitrogen and oxygen atoms in total. The molecule has 0 spiro atoms. The van der Waals surface area contributed by atoms with Crippen molar-refractivity contribution in [2.24, 2.45) is 28.2 Å². The summed E-state index contributed by atoms with van der Waals surface area (Å²) in [5, 5.41) is 8.08. The molecule has 0 aromatic carbocycles. The first kappa shape index (κ1) is 24.1. The van der Waals surface area contributed by atoms with Gasteiger partial charge in [-0.3, -0.25) is 19.2 Å². The van der Waals surface area contributed by atoms with E-state index in [0.29, 0.717) is 34.7 Å². The van der Waals surface area contributed by atoms with Crippen LogP contribution in [-0.4, -0.2) is 47.3 Å². The van der Waals surface area contributed by atoms with Crippen LogP contribution in [0.15, 0.2) is 43.0 Å². The van der Waals surface area contributed by atoms with E-state index in [0.717, 1.165) is 0 Å². The van der Waals surface area contributed by atoms with Gasteiger partial charge in [0.1, 0.15) is 11.4 Å². The second kappa shape index (κ2) is 9.29. The number of hydrogen-bond acceptors (Lipinski definition) is 6. The molecule has 4 aromatic rings. The Hall–Kier alpha value is -5.07. The average Bonchev–Trinajstić information content (AvgIpc) is 3.54. The van der Waals surface area contributed by atoms with Gasteiger partial charge in [0.05, 0.1) is 22.8 Å². The lowest BCUT2D eigenvalue weighted by Gasteiger charge is -2.03. The van der Waals surface area contributed by atoms with Crippen molar-refractivity contribution in [2.75, 3.05) is 21.7 Å². The van der Waals surface area contributed by atoms with E-state index in [2.05, 4.69) is 20.9 Å².